The van der Waals surface area contributed by atoms with E-state index in [-0.39, 0.29) is 0 Å². The van der Waals surface area contributed by atoms with Crippen LogP contribution in [-0.2, 0) is 0 Å². The quantitative estimate of drug-likeness (QED) is 0.842. The summed E-state index contributed by atoms with van der Waals surface area (Å²) in [5, 5.41) is 9.70. The zero-order chi connectivity index (χ0) is 11.4. The van der Waals surface area contributed by atoms with Crippen LogP contribution in [0.1, 0.15) is 5.56 Å². The minimum Gasteiger partial charge on any atom is -0.248 e. The average Bonchev–Trinajstić information content (AvgIpc) is 2.32. The van der Waals surface area contributed by atoms with Crippen LogP contribution in [0, 0.1) is 11.3 Å². The molecule has 16 heavy (non-hydrogen) atoms. The highest BCUT2D eigenvalue weighted by molar-refractivity contribution is 9.10. The maximum atomic E-state index is 8.78. The maximum Gasteiger partial charge on any atom is 0.101 e. The van der Waals surface area contributed by atoms with E-state index >= 15 is 0 Å². The van der Waals surface area contributed by atoms with Crippen LogP contribution in [-0.4, -0.2) is 4.98 Å². The van der Waals surface area contributed by atoms with E-state index in [2.05, 4.69) is 27.0 Å². The molecule has 0 unspecified atom stereocenters. The van der Waals surface area contributed by atoms with Crippen LogP contribution in [0.2, 0.25) is 0 Å². The highest BCUT2D eigenvalue weighted by Crippen LogP contribution is 2.26. The number of rotatable bonds is 2. The van der Waals surface area contributed by atoms with E-state index in [9.17, 15) is 0 Å². The van der Waals surface area contributed by atoms with Crippen LogP contribution in [0.25, 0.3) is 0 Å². The van der Waals surface area contributed by atoms with Crippen LogP contribution >= 0.6 is 27.7 Å². The van der Waals surface area contributed by atoms with Crippen molar-refractivity contribution in [2.75, 3.05) is 0 Å². The standard InChI is InChI=1S/C12H7BrN2S/c13-10-4-5-12(15-8-10)16-11-3-1-2-9(6-11)7-14/h1-6,8H. The minimum absolute atomic E-state index is 0.669. The number of nitriles is 1. The third-order valence-corrected chi connectivity index (χ3v) is 3.30. The molecule has 0 spiro atoms. The molecule has 0 fully saturated rings. The highest BCUT2D eigenvalue weighted by atomic mass is 79.9. The number of halogens is 1. The molecule has 0 aliphatic rings. The van der Waals surface area contributed by atoms with E-state index in [1.165, 1.54) is 0 Å². The number of nitrogens with zero attached hydrogens (tertiary/aromatic N) is 2. The van der Waals surface area contributed by atoms with Gasteiger partial charge in [-0.2, -0.15) is 5.26 Å². The van der Waals surface area contributed by atoms with Crippen molar-refractivity contribution in [1.29, 1.82) is 5.26 Å². The molecule has 0 aliphatic heterocycles. The third-order valence-electron chi connectivity index (χ3n) is 1.89. The zero-order valence-corrected chi connectivity index (χ0v) is 10.6. The monoisotopic (exact) mass is 290 g/mol. The van der Waals surface area contributed by atoms with Gasteiger partial charge in [-0.25, -0.2) is 4.98 Å². The molecule has 0 amide bonds. The van der Waals surface area contributed by atoms with Gasteiger partial charge in [-0.3, -0.25) is 0 Å². The Morgan fingerprint density at radius 3 is 2.81 bits per heavy atom. The summed E-state index contributed by atoms with van der Waals surface area (Å²) in [7, 11) is 0. The van der Waals surface area contributed by atoms with E-state index in [1.54, 1.807) is 24.0 Å². The topological polar surface area (TPSA) is 36.7 Å². The fraction of sp³-hybridized carbons (Fsp3) is 0. The fourth-order valence-corrected chi connectivity index (χ4v) is 2.22. The molecular formula is C12H7BrN2S. The Morgan fingerprint density at radius 1 is 1.25 bits per heavy atom. The first-order valence-electron chi connectivity index (χ1n) is 4.57. The molecule has 0 N–H and O–H groups in total. The van der Waals surface area contributed by atoms with Crippen molar-refractivity contribution >= 4 is 27.7 Å². The van der Waals surface area contributed by atoms with E-state index in [0.717, 1.165) is 14.4 Å². The van der Waals surface area contributed by atoms with Gasteiger partial charge in [0, 0.05) is 15.6 Å². The lowest BCUT2D eigenvalue weighted by atomic mass is 10.2. The van der Waals surface area contributed by atoms with Crippen molar-refractivity contribution in [3.63, 3.8) is 0 Å². The van der Waals surface area contributed by atoms with Crippen LogP contribution in [0.5, 0.6) is 0 Å². The molecule has 1 heterocycles. The Balaban J connectivity index is 2.21. The molecule has 4 heteroatoms. The molecule has 2 rings (SSSR count). The van der Waals surface area contributed by atoms with Crippen molar-refractivity contribution < 1.29 is 0 Å². The second kappa shape index (κ2) is 5.15. The Bertz CT molecular complexity index is 531. The molecule has 0 aliphatic carbocycles. The largest absolute Gasteiger partial charge is 0.248 e. The lowest BCUT2D eigenvalue weighted by molar-refractivity contribution is 1.12. The summed E-state index contributed by atoms with van der Waals surface area (Å²) in [5.74, 6) is 0. The van der Waals surface area contributed by atoms with Gasteiger partial charge in [0.15, 0.2) is 0 Å². The fourth-order valence-electron chi connectivity index (χ4n) is 1.17. The first kappa shape index (κ1) is 11.2. The molecule has 2 nitrogen and oxygen atoms in total. The van der Waals surface area contributed by atoms with E-state index < -0.39 is 0 Å². The Hall–Kier alpha value is -1.31. The Labute approximate surface area is 106 Å². The van der Waals surface area contributed by atoms with Crippen molar-refractivity contribution in [3.05, 3.63) is 52.6 Å². The summed E-state index contributed by atoms with van der Waals surface area (Å²) in [6.45, 7) is 0. The highest BCUT2D eigenvalue weighted by Gasteiger charge is 1.99. The summed E-state index contributed by atoms with van der Waals surface area (Å²) in [6, 6.07) is 13.5. The van der Waals surface area contributed by atoms with E-state index in [1.807, 2.05) is 30.3 Å². The van der Waals surface area contributed by atoms with Gasteiger partial charge in [0.1, 0.15) is 5.03 Å². The minimum atomic E-state index is 0.669. The maximum absolute atomic E-state index is 8.78. The number of hydrogen-bond donors (Lipinski definition) is 0. The first-order chi connectivity index (χ1) is 7.78. The Kier molecular flexibility index (Phi) is 3.60. The van der Waals surface area contributed by atoms with Gasteiger partial charge in [0.25, 0.3) is 0 Å². The van der Waals surface area contributed by atoms with Crippen molar-refractivity contribution in [1.82, 2.24) is 4.98 Å². The second-order valence-electron chi connectivity index (χ2n) is 3.06. The van der Waals surface area contributed by atoms with E-state index in [4.69, 9.17) is 5.26 Å². The average molecular weight is 291 g/mol. The molecule has 0 atom stereocenters. The van der Waals surface area contributed by atoms with Gasteiger partial charge in [-0.05, 0) is 46.3 Å². The van der Waals surface area contributed by atoms with Crippen LogP contribution < -0.4 is 0 Å². The predicted octanol–water partition coefficient (Wildman–Crippen LogP) is 3.87. The Morgan fingerprint density at radius 2 is 2.12 bits per heavy atom. The summed E-state index contributed by atoms with van der Waals surface area (Å²) < 4.78 is 0.961. The van der Waals surface area contributed by atoms with Gasteiger partial charge in [-0.15, -0.1) is 0 Å². The molecular weight excluding hydrogens is 284 g/mol. The molecule has 78 valence electrons. The van der Waals surface area contributed by atoms with Crippen molar-refractivity contribution in [2.24, 2.45) is 0 Å². The number of hydrogen-bond acceptors (Lipinski definition) is 3. The lowest BCUT2D eigenvalue weighted by Crippen LogP contribution is -1.80. The molecule has 2 aromatic rings. The zero-order valence-electron chi connectivity index (χ0n) is 8.22. The summed E-state index contributed by atoms with van der Waals surface area (Å²) in [5.41, 5.74) is 0.669. The molecule has 0 radical (unpaired) electrons. The van der Waals surface area contributed by atoms with Gasteiger partial charge in [0.2, 0.25) is 0 Å². The number of pyridine rings is 1. The van der Waals surface area contributed by atoms with Gasteiger partial charge in [-0.1, -0.05) is 17.8 Å². The van der Waals surface area contributed by atoms with Gasteiger partial charge < -0.3 is 0 Å². The third kappa shape index (κ3) is 2.84. The molecule has 0 saturated heterocycles. The van der Waals surface area contributed by atoms with Crippen molar-refractivity contribution in [3.8, 4) is 6.07 Å². The first-order valence-corrected chi connectivity index (χ1v) is 6.18. The smallest absolute Gasteiger partial charge is 0.101 e. The summed E-state index contributed by atoms with van der Waals surface area (Å²) in [6.07, 6.45) is 1.76. The predicted molar refractivity (Wildman–Crippen MR) is 67.2 cm³/mol. The molecule has 1 aromatic carbocycles. The molecule has 1 aromatic heterocycles. The lowest BCUT2D eigenvalue weighted by Gasteiger charge is -2.00. The van der Waals surface area contributed by atoms with Crippen LogP contribution in [0.4, 0.5) is 0 Å². The number of benzene rings is 1. The van der Waals surface area contributed by atoms with Crippen LogP contribution in [0.15, 0.2) is 57.0 Å². The molecule has 0 bridgehead atoms. The van der Waals surface area contributed by atoms with Gasteiger partial charge >= 0.3 is 0 Å². The normalized spacial score (nSPS) is 9.75. The van der Waals surface area contributed by atoms with Gasteiger partial charge in [0.05, 0.1) is 11.6 Å². The van der Waals surface area contributed by atoms with Crippen LogP contribution in [0.3, 0.4) is 0 Å². The van der Waals surface area contributed by atoms with E-state index in [0.29, 0.717) is 5.56 Å². The number of aromatic nitrogens is 1. The summed E-state index contributed by atoms with van der Waals surface area (Å²) in [4.78, 5) is 5.28. The second-order valence-corrected chi connectivity index (χ2v) is 5.07. The van der Waals surface area contributed by atoms with Crippen molar-refractivity contribution in [2.45, 2.75) is 9.92 Å². The summed E-state index contributed by atoms with van der Waals surface area (Å²) >= 11 is 4.88. The SMILES string of the molecule is N#Cc1cccc(Sc2ccc(Br)cn2)c1. The molecule has 0 saturated carbocycles.